The van der Waals surface area contributed by atoms with E-state index in [0.717, 1.165) is 10.6 Å². The van der Waals surface area contributed by atoms with E-state index in [9.17, 15) is 18.0 Å². The summed E-state index contributed by atoms with van der Waals surface area (Å²) in [7, 11) is -3.71. The van der Waals surface area contributed by atoms with Crippen molar-refractivity contribution < 1.29 is 18.0 Å². The van der Waals surface area contributed by atoms with Crippen molar-refractivity contribution in [1.29, 1.82) is 0 Å². The fraction of sp³-hybridized carbons (Fsp3) is 0.200. The van der Waals surface area contributed by atoms with Gasteiger partial charge in [-0.15, -0.1) is 6.58 Å². The Hall–Kier alpha value is -3.13. The third kappa shape index (κ3) is 5.20. The van der Waals surface area contributed by atoms with E-state index in [0.29, 0.717) is 11.4 Å². The molecule has 0 saturated heterocycles. The van der Waals surface area contributed by atoms with Gasteiger partial charge in [-0.05, 0) is 31.2 Å². The molecule has 0 aliphatic carbocycles. The van der Waals surface area contributed by atoms with Gasteiger partial charge in [-0.25, -0.2) is 8.42 Å². The van der Waals surface area contributed by atoms with E-state index in [1.165, 1.54) is 6.92 Å². The largest absolute Gasteiger partial charge is 0.349 e. The first-order valence-corrected chi connectivity index (χ1v) is 10.4. The molecule has 0 fully saturated rings. The van der Waals surface area contributed by atoms with Crippen LogP contribution in [0.1, 0.15) is 17.3 Å². The van der Waals surface area contributed by atoms with Gasteiger partial charge in [0.2, 0.25) is 15.9 Å². The molecule has 1 atom stereocenters. The van der Waals surface area contributed by atoms with E-state index in [4.69, 9.17) is 0 Å². The van der Waals surface area contributed by atoms with Gasteiger partial charge in [0.05, 0.1) is 23.2 Å². The topological polar surface area (TPSA) is 95.6 Å². The highest BCUT2D eigenvalue weighted by atomic mass is 32.2. The Morgan fingerprint density at radius 1 is 1.11 bits per heavy atom. The number of carbonyl (C=O) groups is 2. The second-order valence-corrected chi connectivity index (χ2v) is 7.96. The van der Waals surface area contributed by atoms with E-state index in [-0.39, 0.29) is 18.0 Å². The highest BCUT2D eigenvalue weighted by molar-refractivity contribution is 7.92. The van der Waals surface area contributed by atoms with Crippen LogP contribution in [-0.2, 0) is 14.8 Å². The molecular formula is C20H23N3O4S. The van der Waals surface area contributed by atoms with Crippen LogP contribution >= 0.6 is 0 Å². The average Bonchev–Trinajstić information content (AvgIpc) is 2.66. The second-order valence-electron chi connectivity index (χ2n) is 6.10. The van der Waals surface area contributed by atoms with Crippen molar-refractivity contribution in [3.05, 3.63) is 72.8 Å². The number of para-hydroxylation sites is 2. The standard InChI is InChI=1S/C20H23N3O4S/c1-4-14-21-20(25)17-12-8-9-13-18(17)22-19(24)15(2)23(28(3,26)27)16-10-6-5-7-11-16/h4-13,15H,1,14H2,2-3H3,(H,21,25)(H,22,24)/t15-/m1/s1. The molecule has 0 aliphatic heterocycles. The number of rotatable bonds is 8. The van der Waals surface area contributed by atoms with Gasteiger partial charge in [0.15, 0.2) is 0 Å². The van der Waals surface area contributed by atoms with Crippen LogP contribution in [-0.4, -0.2) is 39.1 Å². The summed E-state index contributed by atoms with van der Waals surface area (Å²) >= 11 is 0. The van der Waals surface area contributed by atoms with Gasteiger partial charge in [0, 0.05) is 6.54 Å². The molecule has 2 aromatic carbocycles. The number of anilines is 2. The summed E-state index contributed by atoms with van der Waals surface area (Å²) in [6, 6.07) is 13.8. The molecule has 2 N–H and O–H groups in total. The molecule has 8 heteroatoms. The van der Waals surface area contributed by atoms with Crippen molar-refractivity contribution in [3.63, 3.8) is 0 Å². The van der Waals surface area contributed by atoms with Gasteiger partial charge in [0.25, 0.3) is 5.91 Å². The lowest BCUT2D eigenvalue weighted by Crippen LogP contribution is -2.45. The Morgan fingerprint density at radius 2 is 1.71 bits per heavy atom. The molecule has 0 radical (unpaired) electrons. The lowest BCUT2D eigenvalue weighted by Gasteiger charge is -2.28. The Balaban J connectivity index is 2.29. The maximum atomic E-state index is 12.8. The molecule has 2 amide bonds. The zero-order chi connectivity index (χ0) is 20.7. The van der Waals surface area contributed by atoms with Crippen LogP contribution in [0.5, 0.6) is 0 Å². The minimum atomic E-state index is -3.71. The maximum Gasteiger partial charge on any atom is 0.253 e. The fourth-order valence-corrected chi connectivity index (χ4v) is 3.85. The number of sulfonamides is 1. The Morgan fingerprint density at radius 3 is 2.32 bits per heavy atom. The molecule has 0 spiro atoms. The van der Waals surface area contributed by atoms with E-state index in [2.05, 4.69) is 17.2 Å². The molecule has 2 rings (SSSR count). The smallest absolute Gasteiger partial charge is 0.253 e. The number of benzene rings is 2. The zero-order valence-corrected chi connectivity index (χ0v) is 16.6. The van der Waals surface area contributed by atoms with Crippen molar-refractivity contribution in [1.82, 2.24) is 5.32 Å². The molecule has 2 aromatic rings. The summed E-state index contributed by atoms with van der Waals surface area (Å²) in [5.74, 6) is -0.926. The molecule has 148 valence electrons. The summed E-state index contributed by atoms with van der Waals surface area (Å²) in [6.07, 6.45) is 2.59. The Labute approximate surface area is 165 Å². The Kier molecular flexibility index (Phi) is 6.94. The molecule has 7 nitrogen and oxygen atoms in total. The number of hydrogen-bond donors (Lipinski definition) is 2. The molecule has 0 unspecified atom stereocenters. The molecule has 0 aliphatic rings. The van der Waals surface area contributed by atoms with Gasteiger partial charge in [0.1, 0.15) is 6.04 Å². The van der Waals surface area contributed by atoms with Gasteiger partial charge >= 0.3 is 0 Å². The van der Waals surface area contributed by atoms with Crippen molar-refractivity contribution >= 4 is 33.2 Å². The third-order valence-electron chi connectivity index (χ3n) is 3.94. The van der Waals surface area contributed by atoms with Gasteiger partial charge in [-0.3, -0.25) is 13.9 Å². The highest BCUT2D eigenvalue weighted by Crippen LogP contribution is 2.22. The quantitative estimate of drug-likeness (QED) is 0.664. The number of amides is 2. The number of nitrogens with one attached hydrogen (secondary N) is 2. The number of hydrogen-bond acceptors (Lipinski definition) is 4. The first-order valence-electron chi connectivity index (χ1n) is 8.59. The molecule has 0 saturated carbocycles. The average molecular weight is 401 g/mol. The molecule has 0 bridgehead atoms. The summed E-state index contributed by atoms with van der Waals surface area (Å²) in [6.45, 7) is 5.32. The summed E-state index contributed by atoms with van der Waals surface area (Å²) in [5.41, 5.74) is 0.947. The maximum absolute atomic E-state index is 12.8. The summed E-state index contributed by atoms with van der Waals surface area (Å²) in [4.78, 5) is 25.1. The van der Waals surface area contributed by atoms with Crippen LogP contribution in [0.3, 0.4) is 0 Å². The molecule has 0 heterocycles. The zero-order valence-electron chi connectivity index (χ0n) is 15.8. The first-order chi connectivity index (χ1) is 13.3. The SMILES string of the molecule is C=CCNC(=O)c1ccccc1NC(=O)[C@@H](C)N(c1ccccc1)S(C)(=O)=O. The monoisotopic (exact) mass is 401 g/mol. The van der Waals surface area contributed by atoms with E-state index < -0.39 is 22.0 Å². The van der Waals surface area contributed by atoms with E-state index >= 15 is 0 Å². The summed E-state index contributed by atoms with van der Waals surface area (Å²) < 4.78 is 25.6. The van der Waals surface area contributed by atoms with Crippen LogP contribution in [0.15, 0.2) is 67.3 Å². The van der Waals surface area contributed by atoms with Crippen LogP contribution in [0.25, 0.3) is 0 Å². The second kappa shape index (κ2) is 9.18. The van der Waals surface area contributed by atoms with Gasteiger partial charge in [-0.2, -0.15) is 0 Å². The minimum Gasteiger partial charge on any atom is -0.349 e. The molecular weight excluding hydrogens is 378 g/mol. The molecule has 0 aromatic heterocycles. The predicted molar refractivity (Wildman–Crippen MR) is 111 cm³/mol. The normalized spacial score (nSPS) is 11.9. The lowest BCUT2D eigenvalue weighted by molar-refractivity contribution is -0.116. The van der Waals surface area contributed by atoms with Gasteiger partial charge < -0.3 is 10.6 Å². The first kappa shape index (κ1) is 21.2. The van der Waals surface area contributed by atoms with Crippen molar-refractivity contribution in [2.24, 2.45) is 0 Å². The Bertz CT molecular complexity index is 958. The highest BCUT2D eigenvalue weighted by Gasteiger charge is 2.29. The minimum absolute atomic E-state index is 0.274. The molecule has 28 heavy (non-hydrogen) atoms. The van der Waals surface area contributed by atoms with Gasteiger partial charge in [-0.1, -0.05) is 36.4 Å². The third-order valence-corrected chi connectivity index (χ3v) is 5.18. The fourth-order valence-electron chi connectivity index (χ4n) is 2.67. The van der Waals surface area contributed by atoms with Crippen LogP contribution in [0, 0.1) is 0 Å². The number of carbonyl (C=O) groups excluding carboxylic acids is 2. The van der Waals surface area contributed by atoms with E-state index in [1.54, 1.807) is 60.7 Å². The van der Waals surface area contributed by atoms with Crippen LogP contribution < -0.4 is 14.9 Å². The predicted octanol–water partition coefficient (Wildman–Crippen LogP) is 2.40. The van der Waals surface area contributed by atoms with Crippen LogP contribution in [0.4, 0.5) is 11.4 Å². The van der Waals surface area contributed by atoms with Crippen molar-refractivity contribution in [2.75, 3.05) is 22.4 Å². The van der Waals surface area contributed by atoms with Crippen LogP contribution in [0.2, 0.25) is 0 Å². The van der Waals surface area contributed by atoms with E-state index in [1.807, 2.05) is 0 Å². The number of nitrogens with zero attached hydrogens (tertiary/aromatic N) is 1. The van der Waals surface area contributed by atoms with Crippen molar-refractivity contribution in [2.45, 2.75) is 13.0 Å². The summed E-state index contributed by atoms with van der Waals surface area (Å²) in [5, 5.41) is 5.31. The van der Waals surface area contributed by atoms with Crippen molar-refractivity contribution in [3.8, 4) is 0 Å². The lowest BCUT2D eigenvalue weighted by atomic mass is 10.1.